The molecule has 2 aromatic rings. The van der Waals surface area contributed by atoms with E-state index in [0.717, 1.165) is 0 Å². The number of aromatic nitrogens is 2. The molecule has 2 rings (SSSR count). The number of nitrogens with two attached hydrogens (primary N) is 1. The number of hydrogen-bond donors (Lipinski definition) is 2. The lowest BCUT2D eigenvalue weighted by molar-refractivity contribution is 0.582. The highest BCUT2D eigenvalue weighted by Crippen LogP contribution is 2.24. The predicted octanol–water partition coefficient (Wildman–Crippen LogP) is 1.33. The summed E-state index contributed by atoms with van der Waals surface area (Å²) in [6, 6.07) is 6.91. The van der Waals surface area contributed by atoms with Gasteiger partial charge < -0.3 is 5.73 Å². The van der Waals surface area contributed by atoms with Crippen LogP contribution in [0.2, 0.25) is 5.02 Å². The molecule has 0 saturated carbocycles. The van der Waals surface area contributed by atoms with Crippen LogP contribution >= 0.6 is 11.6 Å². The third-order valence-corrected chi connectivity index (χ3v) is 4.45. The van der Waals surface area contributed by atoms with Crippen LogP contribution < -0.4 is 10.5 Å². The zero-order valence-corrected chi connectivity index (χ0v) is 11.7. The Bertz CT molecular complexity index is 677. The van der Waals surface area contributed by atoms with Crippen LogP contribution in [0.5, 0.6) is 0 Å². The van der Waals surface area contributed by atoms with E-state index < -0.39 is 10.0 Å². The highest BCUT2D eigenvalue weighted by molar-refractivity contribution is 7.92. The van der Waals surface area contributed by atoms with Gasteiger partial charge in [-0.05, 0) is 11.6 Å². The largest absolute Gasteiger partial charge is 0.326 e. The van der Waals surface area contributed by atoms with Crippen molar-refractivity contribution in [3.05, 3.63) is 41.0 Å². The molecule has 0 amide bonds. The monoisotopic (exact) mass is 300 g/mol. The zero-order valence-electron chi connectivity index (χ0n) is 10.2. The summed E-state index contributed by atoms with van der Waals surface area (Å²) in [5.74, 6) is 0. The van der Waals surface area contributed by atoms with Crippen LogP contribution in [-0.4, -0.2) is 18.2 Å². The van der Waals surface area contributed by atoms with Gasteiger partial charge in [0, 0.05) is 13.6 Å². The lowest BCUT2D eigenvalue weighted by Crippen LogP contribution is -2.18. The number of rotatable bonds is 4. The predicted molar refractivity (Wildman–Crippen MR) is 73.4 cm³/mol. The Hall–Kier alpha value is -1.57. The maximum Gasteiger partial charge on any atom is 0.280 e. The number of aryl methyl sites for hydroxylation is 1. The lowest BCUT2D eigenvalue weighted by Gasteiger charge is -2.11. The molecule has 0 fully saturated rings. The van der Waals surface area contributed by atoms with Gasteiger partial charge in [0.2, 0.25) is 0 Å². The first kappa shape index (κ1) is 13.9. The molecule has 0 radical (unpaired) electrons. The summed E-state index contributed by atoms with van der Waals surface area (Å²) >= 11 is 5.84. The molecule has 0 bridgehead atoms. The Morgan fingerprint density at radius 1 is 1.42 bits per heavy atom. The fourth-order valence-electron chi connectivity index (χ4n) is 1.69. The number of nitrogens with zero attached hydrogens (tertiary/aromatic N) is 2. The summed E-state index contributed by atoms with van der Waals surface area (Å²) in [5.41, 5.74) is 6.70. The number of nitrogens with one attached hydrogen (secondary N) is 1. The average molecular weight is 301 g/mol. The molecule has 8 heteroatoms. The summed E-state index contributed by atoms with van der Waals surface area (Å²) in [7, 11) is -2.29. The zero-order chi connectivity index (χ0) is 14.0. The van der Waals surface area contributed by atoms with E-state index in [1.165, 1.54) is 17.9 Å². The van der Waals surface area contributed by atoms with Gasteiger partial charge in [0.1, 0.15) is 0 Å². The van der Waals surface area contributed by atoms with Gasteiger partial charge in [-0.3, -0.25) is 9.40 Å². The lowest BCUT2D eigenvalue weighted by atomic mass is 10.2. The van der Waals surface area contributed by atoms with Crippen LogP contribution in [0.4, 0.5) is 5.69 Å². The van der Waals surface area contributed by atoms with E-state index >= 15 is 0 Å². The maximum absolute atomic E-state index is 12.3. The molecule has 0 saturated heterocycles. The van der Waals surface area contributed by atoms with Crippen LogP contribution in [0.15, 0.2) is 35.5 Å². The fourth-order valence-corrected chi connectivity index (χ4v) is 3.45. The molecule has 3 N–H and O–H groups in total. The molecular formula is C11H13ClN4O2S. The van der Waals surface area contributed by atoms with E-state index in [2.05, 4.69) is 9.82 Å². The number of para-hydroxylation sites is 1. The molecule has 6 nitrogen and oxygen atoms in total. The van der Waals surface area contributed by atoms with Gasteiger partial charge in [0.25, 0.3) is 10.0 Å². The molecule has 19 heavy (non-hydrogen) atoms. The van der Waals surface area contributed by atoms with Crippen LogP contribution in [0.3, 0.4) is 0 Å². The molecule has 0 unspecified atom stereocenters. The Labute approximate surface area is 116 Å². The van der Waals surface area contributed by atoms with Crippen molar-refractivity contribution >= 4 is 27.3 Å². The van der Waals surface area contributed by atoms with Gasteiger partial charge in [-0.15, -0.1) is 0 Å². The van der Waals surface area contributed by atoms with Crippen molar-refractivity contribution in [3.63, 3.8) is 0 Å². The Kier molecular flexibility index (Phi) is 3.79. The number of sulfonamides is 1. The first-order valence-electron chi connectivity index (χ1n) is 5.44. The second kappa shape index (κ2) is 5.20. The van der Waals surface area contributed by atoms with Gasteiger partial charge in [-0.2, -0.15) is 13.5 Å². The van der Waals surface area contributed by atoms with E-state index in [0.29, 0.717) is 11.3 Å². The van der Waals surface area contributed by atoms with Gasteiger partial charge in [-0.1, -0.05) is 29.8 Å². The average Bonchev–Trinajstić information content (AvgIpc) is 2.70. The summed E-state index contributed by atoms with van der Waals surface area (Å²) in [4.78, 5) is 0. The third-order valence-electron chi connectivity index (χ3n) is 2.58. The molecular weight excluding hydrogens is 288 g/mol. The molecule has 1 heterocycles. The molecule has 1 aromatic heterocycles. The topological polar surface area (TPSA) is 90.0 Å². The van der Waals surface area contributed by atoms with E-state index in [9.17, 15) is 8.42 Å². The van der Waals surface area contributed by atoms with Crippen LogP contribution in [0.25, 0.3) is 0 Å². The first-order valence-corrected chi connectivity index (χ1v) is 7.30. The smallest absolute Gasteiger partial charge is 0.280 e. The number of benzene rings is 1. The van der Waals surface area contributed by atoms with Crippen molar-refractivity contribution in [1.29, 1.82) is 0 Å². The molecule has 0 spiro atoms. The van der Waals surface area contributed by atoms with Crippen molar-refractivity contribution < 1.29 is 8.42 Å². The van der Waals surface area contributed by atoms with E-state index in [1.807, 2.05) is 0 Å². The number of anilines is 1. The summed E-state index contributed by atoms with van der Waals surface area (Å²) in [6.07, 6.45) is 1.28. The first-order chi connectivity index (χ1) is 8.95. The second-order valence-corrected chi connectivity index (χ2v) is 5.89. The highest BCUT2D eigenvalue weighted by Gasteiger charge is 2.23. The van der Waals surface area contributed by atoms with E-state index in [4.69, 9.17) is 17.3 Å². The van der Waals surface area contributed by atoms with Crippen molar-refractivity contribution in [2.24, 2.45) is 12.8 Å². The Balaban J connectivity index is 2.43. The molecule has 0 aliphatic rings. The van der Waals surface area contributed by atoms with Crippen molar-refractivity contribution in [2.45, 2.75) is 11.6 Å². The standard InChI is InChI=1S/C11H13ClN4O2S/c1-16-11(9(12)7-14-16)19(17,18)15-10-5-3-2-4-8(10)6-13/h2-5,7,15H,6,13H2,1H3. The Morgan fingerprint density at radius 2 is 2.11 bits per heavy atom. The molecule has 102 valence electrons. The quantitative estimate of drug-likeness (QED) is 0.891. The SMILES string of the molecule is Cn1ncc(Cl)c1S(=O)(=O)Nc1ccccc1CN. The summed E-state index contributed by atoms with van der Waals surface area (Å²) in [6.45, 7) is 0.234. The van der Waals surface area contributed by atoms with Crippen molar-refractivity contribution in [3.8, 4) is 0 Å². The fraction of sp³-hybridized carbons (Fsp3) is 0.182. The molecule has 0 aliphatic carbocycles. The molecule has 0 aliphatic heterocycles. The minimum atomic E-state index is -3.80. The number of hydrogen-bond acceptors (Lipinski definition) is 4. The van der Waals surface area contributed by atoms with Crippen LogP contribution in [-0.2, 0) is 23.6 Å². The van der Waals surface area contributed by atoms with Crippen molar-refractivity contribution in [1.82, 2.24) is 9.78 Å². The normalized spacial score (nSPS) is 11.5. The minimum absolute atomic E-state index is 0.0697. The van der Waals surface area contributed by atoms with Crippen LogP contribution in [0.1, 0.15) is 5.56 Å². The molecule has 0 atom stereocenters. The van der Waals surface area contributed by atoms with Crippen LogP contribution in [0, 0.1) is 0 Å². The van der Waals surface area contributed by atoms with Gasteiger partial charge in [0.15, 0.2) is 5.03 Å². The number of halogens is 1. The second-order valence-electron chi connectivity index (χ2n) is 3.89. The van der Waals surface area contributed by atoms with Gasteiger partial charge >= 0.3 is 0 Å². The van der Waals surface area contributed by atoms with Gasteiger partial charge in [-0.25, -0.2) is 0 Å². The van der Waals surface area contributed by atoms with E-state index in [1.54, 1.807) is 24.3 Å². The van der Waals surface area contributed by atoms with E-state index in [-0.39, 0.29) is 16.6 Å². The van der Waals surface area contributed by atoms with Gasteiger partial charge in [0.05, 0.1) is 16.9 Å². The molecule has 1 aromatic carbocycles. The third kappa shape index (κ3) is 2.73. The minimum Gasteiger partial charge on any atom is -0.326 e. The summed E-state index contributed by atoms with van der Waals surface area (Å²) in [5, 5.41) is 3.79. The van der Waals surface area contributed by atoms with Crippen molar-refractivity contribution in [2.75, 3.05) is 4.72 Å². The summed E-state index contributed by atoms with van der Waals surface area (Å²) < 4.78 is 28.2. The highest BCUT2D eigenvalue weighted by atomic mass is 35.5. The maximum atomic E-state index is 12.3. The Morgan fingerprint density at radius 3 is 2.68 bits per heavy atom.